The maximum absolute atomic E-state index is 8.27. The first kappa shape index (κ1) is 12.6. The lowest BCUT2D eigenvalue weighted by molar-refractivity contribution is 0.199. The van der Waals surface area contributed by atoms with E-state index in [1.807, 2.05) is 4.90 Å². The topological polar surface area (TPSA) is 104 Å². The highest BCUT2D eigenvalue weighted by atomic mass is 15.3. The molecule has 0 aromatic carbocycles. The van der Waals surface area contributed by atoms with Crippen molar-refractivity contribution in [3.05, 3.63) is 20.9 Å². The third kappa shape index (κ3) is 3.96. The Bertz CT molecular complexity index is 283. The summed E-state index contributed by atoms with van der Waals surface area (Å²) in [5, 5.41) is 6.99. The van der Waals surface area contributed by atoms with Crippen LogP contribution in [-0.4, -0.2) is 49.3 Å². The van der Waals surface area contributed by atoms with Crippen LogP contribution in [0, 0.1) is 0 Å². The van der Waals surface area contributed by atoms with Gasteiger partial charge >= 0.3 is 0 Å². The summed E-state index contributed by atoms with van der Waals surface area (Å²) in [7, 11) is 2.08. The van der Waals surface area contributed by atoms with Gasteiger partial charge in [-0.25, -0.2) is 0 Å². The van der Waals surface area contributed by atoms with Gasteiger partial charge in [-0.2, -0.15) is 0 Å². The van der Waals surface area contributed by atoms with Crippen LogP contribution in [0.2, 0.25) is 0 Å². The molecule has 0 saturated carbocycles. The van der Waals surface area contributed by atoms with Crippen LogP contribution in [0.5, 0.6) is 0 Å². The molecule has 0 spiro atoms. The molecule has 1 heterocycles. The van der Waals surface area contributed by atoms with Crippen LogP contribution in [0.1, 0.15) is 12.8 Å². The second-order valence-electron chi connectivity index (χ2n) is 3.87. The second-order valence-corrected chi connectivity index (χ2v) is 3.87. The third-order valence-corrected chi connectivity index (χ3v) is 2.79. The number of nitrogens with zero attached hydrogens (tertiary/aromatic N) is 8. The van der Waals surface area contributed by atoms with Crippen molar-refractivity contribution in [2.75, 3.05) is 33.5 Å². The van der Waals surface area contributed by atoms with Gasteiger partial charge in [0.1, 0.15) is 0 Å². The molecule has 1 atom stereocenters. The van der Waals surface area contributed by atoms with Crippen LogP contribution in [0.15, 0.2) is 10.2 Å². The van der Waals surface area contributed by atoms with E-state index in [2.05, 4.69) is 32.0 Å². The van der Waals surface area contributed by atoms with E-state index in [9.17, 15) is 0 Å². The van der Waals surface area contributed by atoms with Gasteiger partial charge in [-0.15, -0.1) is 0 Å². The van der Waals surface area contributed by atoms with E-state index in [0.717, 1.165) is 19.5 Å². The van der Waals surface area contributed by atoms with Gasteiger partial charge < -0.3 is 4.90 Å². The van der Waals surface area contributed by atoms with Crippen molar-refractivity contribution in [3.63, 3.8) is 0 Å². The van der Waals surface area contributed by atoms with E-state index in [1.165, 1.54) is 6.42 Å². The first-order valence-corrected chi connectivity index (χ1v) is 5.22. The summed E-state index contributed by atoms with van der Waals surface area (Å²) in [6.07, 6.45) is 2.33. The monoisotopic (exact) mass is 224 g/mol. The van der Waals surface area contributed by atoms with Crippen molar-refractivity contribution < 1.29 is 0 Å². The molecule has 8 nitrogen and oxygen atoms in total. The smallest absolute Gasteiger partial charge is 0.0775 e. The molecular formula is C8H16N8. The Labute approximate surface area is 94.1 Å². The molecule has 0 aromatic heterocycles. The Hall–Kier alpha value is -1.46. The largest absolute Gasteiger partial charge is 0.302 e. The summed E-state index contributed by atoms with van der Waals surface area (Å²) in [6.45, 7) is 2.37. The first-order valence-electron chi connectivity index (χ1n) is 5.22. The SMILES string of the molecule is CN1CCCC1CN(CN=[N+]=[N-])CN=[N+]=[N-]. The zero-order valence-corrected chi connectivity index (χ0v) is 9.40. The number of likely N-dealkylation sites (tertiary alicyclic amines) is 1. The summed E-state index contributed by atoms with van der Waals surface area (Å²) in [5.41, 5.74) is 16.5. The molecular weight excluding hydrogens is 208 g/mol. The molecule has 1 rings (SSSR count). The van der Waals surface area contributed by atoms with E-state index < -0.39 is 0 Å². The van der Waals surface area contributed by atoms with Gasteiger partial charge in [-0.05, 0) is 37.5 Å². The number of azide groups is 2. The van der Waals surface area contributed by atoms with E-state index >= 15 is 0 Å². The fraction of sp³-hybridized carbons (Fsp3) is 1.00. The molecule has 1 unspecified atom stereocenters. The van der Waals surface area contributed by atoms with Gasteiger partial charge in [0, 0.05) is 22.4 Å². The Morgan fingerprint density at radius 2 is 1.94 bits per heavy atom. The molecule has 0 N–H and O–H groups in total. The van der Waals surface area contributed by atoms with Crippen molar-refractivity contribution in [2.45, 2.75) is 18.9 Å². The number of rotatable bonds is 6. The standard InChI is InChI=1S/C8H16N8/c1-15-4-2-3-8(15)5-16(6-11-13-9)7-12-14-10/h8H,2-7H2,1H3. The van der Waals surface area contributed by atoms with Crippen LogP contribution in [0.3, 0.4) is 0 Å². The maximum Gasteiger partial charge on any atom is 0.0775 e. The fourth-order valence-corrected chi connectivity index (χ4v) is 1.90. The molecule has 1 fully saturated rings. The van der Waals surface area contributed by atoms with Crippen LogP contribution in [0.4, 0.5) is 0 Å². The Kier molecular flexibility index (Phi) is 5.45. The van der Waals surface area contributed by atoms with Crippen LogP contribution in [-0.2, 0) is 0 Å². The molecule has 1 aliphatic heterocycles. The summed E-state index contributed by atoms with van der Waals surface area (Å²) in [6, 6.07) is 0.461. The lowest BCUT2D eigenvalue weighted by Crippen LogP contribution is -2.38. The van der Waals surface area contributed by atoms with Crippen LogP contribution in [0.25, 0.3) is 20.9 Å². The third-order valence-electron chi connectivity index (χ3n) is 2.79. The molecule has 88 valence electrons. The van der Waals surface area contributed by atoms with E-state index in [-0.39, 0.29) is 13.3 Å². The summed E-state index contributed by atoms with van der Waals surface area (Å²) in [4.78, 5) is 9.55. The van der Waals surface area contributed by atoms with Crippen molar-refractivity contribution in [3.8, 4) is 0 Å². The molecule has 0 aromatic rings. The van der Waals surface area contributed by atoms with Crippen LogP contribution >= 0.6 is 0 Å². The Morgan fingerprint density at radius 3 is 2.38 bits per heavy atom. The molecule has 1 aliphatic rings. The minimum absolute atomic E-state index is 0.250. The number of hydrogen-bond acceptors (Lipinski definition) is 4. The predicted molar refractivity (Wildman–Crippen MR) is 60.4 cm³/mol. The van der Waals surface area contributed by atoms with Crippen molar-refractivity contribution in [1.29, 1.82) is 0 Å². The van der Waals surface area contributed by atoms with E-state index in [1.54, 1.807) is 0 Å². The quantitative estimate of drug-likeness (QED) is 0.390. The zero-order valence-electron chi connectivity index (χ0n) is 9.40. The first-order chi connectivity index (χ1) is 7.77. The predicted octanol–water partition coefficient (Wildman–Crippen LogP) is 1.92. The van der Waals surface area contributed by atoms with Crippen molar-refractivity contribution in [1.82, 2.24) is 9.80 Å². The number of likely N-dealkylation sites (N-methyl/N-ethyl adjacent to an activating group) is 1. The van der Waals surface area contributed by atoms with Gasteiger partial charge in [-0.3, -0.25) is 4.90 Å². The molecule has 0 aliphatic carbocycles. The maximum atomic E-state index is 8.27. The second kappa shape index (κ2) is 6.92. The average Bonchev–Trinajstić information content (AvgIpc) is 2.68. The normalized spacial score (nSPS) is 20.5. The molecule has 0 amide bonds. The lowest BCUT2D eigenvalue weighted by atomic mass is 10.2. The molecule has 0 radical (unpaired) electrons. The van der Waals surface area contributed by atoms with Crippen molar-refractivity contribution in [2.24, 2.45) is 10.2 Å². The molecule has 16 heavy (non-hydrogen) atoms. The average molecular weight is 224 g/mol. The number of hydrogen-bond donors (Lipinski definition) is 0. The van der Waals surface area contributed by atoms with Gasteiger partial charge in [0.05, 0.1) is 13.3 Å². The molecule has 0 bridgehead atoms. The van der Waals surface area contributed by atoms with Gasteiger partial charge in [0.25, 0.3) is 0 Å². The Balaban J connectivity index is 2.47. The van der Waals surface area contributed by atoms with E-state index in [4.69, 9.17) is 11.1 Å². The van der Waals surface area contributed by atoms with E-state index in [0.29, 0.717) is 6.04 Å². The highest BCUT2D eigenvalue weighted by Crippen LogP contribution is 2.15. The highest BCUT2D eigenvalue weighted by molar-refractivity contribution is 4.79. The zero-order chi connectivity index (χ0) is 11.8. The summed E-state index contributed by atoms with van der Waals surface area (Å²) >= 11 is 0. The van der Waals surface area contributed by atoms with Crippen LogP contribution < -0.4 is 0 Å². The molecule has 8 heteroatoms. The summed E-state index contributed by atoms with van der Waals surface area (Å²) < 4.78 is 0. The van der Waals surface area contributed by atoms with Crippen molar-refractivity contribution >= 4 is 0 Å². The van der Waals surface area contributed by atoms with Gasteiger partial charge in [0.15, 0.2) is 0 Å². The minimum atomic E-state index is 0.250. The Morgan fingerprint density at radius 1 is 1.31 bits per heavy atom. The fourth-order valence-electron chi connectivity index (χ4n) is 1.90. The summed E-state index contributed by atoms with van der Waals surface area (Å²) in [5.74, 6) is 0. The molecule has 1 saturated heterocycles. The highest BCUT2D eigenvalue weighted by Gasteiger charge is 2.22. The lowest BCUT2D eigenvalue weighted by Gasteiger charge is -2.26. The van der Waals surface area contributed by atoms with Gasteiger partial charge in [-0.1, -0.05) is 10.2 Å². The van der Waals surface area contributed by atoms with Gasteiger partial charge in [0.2, 0.25) is 0 Å². The minimum Gasteiger partial charge on any atom is -0.302 e.